The van der Waals surface area contributed by atoms with Gasteiger partial charge in [-0.2, -0.15) is 0 Å². The van der Waals surface area contributed by atoms with Gasteiger partial charge in [0.2, 0.25) is 10.0 Å². The Labute approximate surface area is 172 Å². The van der Waals surface area contributed by atoms with Gasteiger partial charge in [-0.05, 0) is 54.1 Å². The molecule has 0 atom stereocenters. The Morgan fingerprint density at radius 3 is 2.48 bits per heavy atom. The fraction of sp³-hybridized carbons (Fsp3) is 0.100. The molecule has 148 valence electrons. The van der Waals surface area contributed by atoms with Gasteiger partial charge in [0.15, 0.2) is 5.65 Å². The van der Waals surface area contributed by atoms with Gasteiger partial charge in [-0.15, -0.1) is 0 Å². The third kappa shape index (κ3) is 4.29. The van der Waals surface area contributed by atoms with Gasteiger partial charge in [0, 0.05) is 11.2 Å². The summed E-state index contributed by atoms with van der Waals surface area (Å²) in [5.41, 5.74) is 2.12. The van der Waals surface area contributed by atoms with Crippen LogP contribution >= 0.6 is 11.6 Å². The van der Waals surface area contributed by atoms with E-state index in [0.29, 0.717) is 28.6 Å². The van der Waals surface area contributed by atoms with E-state index >= 15 is 0 Å². The van der Waals surface area contributed by atoms with Crippen molar-refractivity contribution in [3.8, 4) is 0 Å². The Morgan fingerprint density at radius 2 is 1.76 bits per heavy atom. The molecule has 0 radical (unpaired) electrons. The molecule has 1 N–H and O–H groups in total. The molecule has 4 rings (SSSR count). The van der Waals surface area contributed by atoms with Crippen molar-refractivity contribution in [2.75, 3.05) is 0 Å². The normalized spacial score (nSPS) is 11.8. The van der Waals surface area contributed by atoms with E-state index < -0.39 is 10.0 Å². The first kappa shape index (κ1) is 19.5. The summed E-state index contributed by atoms with van der Waals surface area (Å²) < 4.78 is 42.8. The van der Waals surface area contributed by atoms with E-state index in [2.05, 4.69) is 14.7 Å². The maximum Gasteiger partial charge on any atom is 0.240 e. The molecule has 0 aliphatic carbocycles. The standard InChI is InChI=1S/C20H16ClFN4O2S/c21-15-5-9-17(10-6-15)29(27,28)24-12-19-25-18-2-1-11-23-20(18)26(19)13-14-3-7-16(22)8-4-14/h1-11,24H,12-13H2. The number of halogens is 2. The fourth-order valence-corrected chi connectivity index (χ4v) is 4.04. The number of sulfonamides is 1. The number of imidazole rings is 1. The van der Waals surface area contributed by atoms with Gasteiger partial charge in [0.1, 0.15) is 17.2 Å². The Kier molecular flexibility index (Phi) is 5.31. The molecule has 0 amide bonds. The van der Waals surface area contributed by atoms with E-state index in [-0.39, 0.29) is 17.3 Å². The van der Waals surface area contributed by atoms with Gasteiger partial charge in [-0.1, -0.05) is 23.7 Å². The summed E-state index contributed by atoms with van der Waals surface area (Å²) in [6.45, 7) is 0.355. The Hall–Kier alpha value is -2.81. The highest BCUT2D eigenvalue weighted by Gasteiger charge is 2.17. The highest BCUT2D eigenvalue weighted by Crippen LogP contribution is 2.18. The molecule has 2 heterocycles. The minimum absolute atomic E-state index is 0.0253. The molecule has 0 aliphatic heterocycles. The number of nitrogens with zero attached hydrogens (tertiary/aromatic N) is 3. The van der Waals surface area contributed by atoms with Crippen molar-refractivity contribution in [3.63, 3.8) is 0 Å². The lowest BCUT2D eigenvalue weighted by Gasteiger charge is -2.10. The molecular formula is C20H16ClFN4O2S. The SMILES string of the molecule is O=S(=O)(NCc1nc2cccnc2n1Cc1ccc(F)cc1)c1ccc(Cl)cc1. The second-order valence-electron chi connectivity index (χ2n) is 6.37. The average molecular weight is 431 g/mol. The van der Waals surface area contributed by atoms with Crippen molar-refractivity contribution in [2.24, 2.45) is 0 Å². The van der Waals surface area contributed by atoms with E-state index in [1.807, 2.05) is 4.57 Å². The van der Waals surface area contributed by atoms with E-state index in [9.17, 15) is 12.8 Å². The van der Waals surface area contributed by atoms with Crippen molar-refractivity contribution in [1.82, 2.24) is 19.3 Å². The first-order chi connectivity index (χ1) is 13.9. The first-order valence-electron chi connectivity index (χ1n) is 8.72. The van der Waals surface area contributed by atoms with Gasteiger partial charge in [0.25, 0.3) is 0 Å². The summed E-state index contributed by atoms with van der Waals surface area (Å²) >= 11 is 5.83. The fourth-order valence-electron chi connectivity index (χ4n) is 2.94. The highest BCUT2D eigenvalue weighted by molar-refractivity contribution is 7.89. The van der Waals surface area contributed by atoms with Crippen LogP contribution in [0.15, 0.2) is 71.8 Å². The number of pyridine rings is 1. The molecule has 0 saturated heterocycles. The molecule has 29 heavy (non-hydrogen) atoms. The van der Waals surface area contributed by atoms with Crippen LogP contribution in [0.25, 0.3) is 11.2 Å². The van der Waals surface area contributed by atoms with Crippen molar-refractivity contribution in [3.05, 3.63) is 89.1 Å². The number of fused-ring (bicyclic) bond motifs is 1. The van der Waals surface area contributed by atoms with Crippen LogP contribution in [0.5, 0.6) is 0 Å². The zero-order valence-electron chi connectivity index (χ0n) is 15.1. The molecule has 6 nitrogen and oxygen atoms in total. The monoisotopic (exact) mass is 430 g/mol. The number of benzene rings is 2. The van der Waals surface area contributed by atoms with Gasteiger partial charge in [-0.3, -0.25) is 0 Å². The smallest absolute Gasteiger partial charge is 0.240 e. The largest absolute Gasteiger partial charge is 0.307 e. The van der Waals surface area contributed by atoms with E-state index in [1.54, 1.807) is 30.5 Å². The summed E-state index contributed by atoms with van der Waals surface area (Å²) in [5, 5.41) is 0.455. The molecule has 0 saturated carbocycles. The summed E-state index contributed by atoms with van der Waals surface area (Å²) in [4.78, 5) is 8.99. The first-order valence-corrected chi connectivity index (χ1v) is 10.6. The van der Waals surface area contributed by atoms with Crippen molar-refractivity contribution >= 4 is 32.8 Å². The molecule has 0 fully saturated rings. The minimum atomic E-state index is -3.74. The molecule has 2 aromatic heterocycles. The van der Waals surface area contributed by atoms with Crippen molar-refractivity contribution in [1.29, 1.82) is 0 Å². The molecule has 4 aromatic rings. The average Bonchev–Trinajstić information content (AvgIpc) is 3.06. The number of hydrogen-bond donors (Lipinski definition) is 1. The summed E-state index contributed by atoms with van der Waals surface area (Å²) in [6, 6.07) is 15.6. The van der Waals surface area contributed by atoms with Crippen molar-refractivity contribution < 1.29 is 12.8 Å². The minimum Gasteiger partial charge on any atom is -0.307 e. The van der Waals surface area contributed by atoms with Crippen LogP contribution in [0.3, 0.4) is 0 Å². The second-order valence-corrected chi connectivity index (χ2v) is 8.57. The maximum atomic E-state index is 13.2. The Morgan fingerprint density at radius 1 is 1.03 bits per heavy atom. The molecule has 0 spiro atoms. The molecular weight excluding hydrogens is 415 g/mol. The molecule has 9 heteroatoms. The number of hydrogen-bond acceptors (Lipinski definition) is 4. The Bertz CT molecular complexity index is 1260. The van der Waals surface area contributed by atoms with Crippen LogP contribution in [0, 0.1) is 5.82 Å². The third-order valence-electron chi connectivity index (χ3n) is 4.38. The van der Waals surface area contributed by atoms with E-state index in [0.717, 1.165) is 5.56 Å². The molecule has 0 unspecified atom stereocenters. The predicted octanol–water partition coefficient (Wildman–Crippen LogP) is 3.75. The van der Waals surface area contributed by atoms with Crippen LogP contribution in [-0.4, -0.2) is 23.0 Å². The van der Waals surface area contributed by atoms with Gasteiger partial charge < -0.3 is 4.57 Å². The second kappa shape index (κ2) is 7.90. The zero-order valence-corrected chi connectivity index (χ0v) is 16.7. The predicted molar refractivity (Wildman–Crippen MR) is 109 cm³/mol. The van der Waals surface area contributed by atoms with Crippen LogP contribution in [0.4, 0.5) is 4.39 Å². The van der Waals surface area contributed by atoms with E-state index in [4.69, 9.17) is 11.6 Å². The summed E-state index contributed by atoms with van der Waals surface area (Å²) in [7, 11) is -3.74. The molecule has 0 bridgehead atoms. The number of nitrogens with one attached hydrogen (secondary N) is 1. The lowest BCUT2D eigenvalue weighted by Crippen LogP contribution is -2.25. The van der Waals surface area contributed by atoms with E-state index in [1.165, 1.54) is 36.4 Å². The summed E-state index contributed by atoms with van der Waals surface area (Å²) in [5.74, 6) is 0.180. The van der Waals surface area contributed by atoms with Gasteiger partial charge in [-0.25, -0.2) is 27.5 Å². The van der Waals surface area contributed by atoms with Crippen molar-refractivity contribution in [2.45, 2.75) is 18.0 Å². The number of aromatic nitrogens is 3. The zero-order chi connectivity index (χ0) is 20.4. The summed E-state index contributed by atoms with van der Waals surface area (Å²) in [6.07, 6.45) is 1.65. The van der Waals surface area contributed by atoms with Gasteiger partial charge >= 0.3 is 0 Å². The maximum absolute atomic E-state index is 13.2. The van der Waals surface area contributed by atoms with Crippen LogP contribution < -0.4 is 4.72 Å². The van der Waals surface area contributed by atoms with Crippen LogP contribution in [0.1, 0.15) is 11.4 Å². The van der Waals surface area contributed by atoms with Gasteiger partial charge in [0.05, 0.1) is 18.0 Å². The Balaban J connectivity index is 1.64. The molecule has 0 aliphatic rings. The third-order valence-corrected chi connectivity index (χ3v) is 6.05. The van der Waals surface area contributed by atoms with Crippen LogP contribution in [0.2, 0.25) is 5.02 Å². The number of rotatable bonds is 6. The van der Waals surface area contributed by atoms with Crippen LogP contribution in [-0.2, 0) is 23.1 Å². The topological polar surface area (TPSA) is 76.9 Å². The molecule has 2 aromatic carbocycles. The lowest BCUT2D eigenvalue weighted by atomic mass is 10.2. The highest BCUT2D eigenvalue weighted by atomic mass is 35.5. The quantitative estimate of drug-likeness (QED) is 0.505. The lowest BCUT2D eigenvalue weighted by molar-refractivity contribution is 0.576.